The van der Waals surface area contributed by atoms with Gasteiger partial charge in [-0.1, -0.05) is 24.3 Å². The molecule has 4 aliphatic rings. The Morgan fingerprint density at radius 2 is 1.59 bits per heavy atom. The fourth-order valence-electron chi connectivity index (χ4n) is 8.86. The maximum atomic E-state index is 13.4. The van der Waals surface area contributed by atoms with Crippen LogP contribution in [0, 0.1) is 6.92 Å². The van der Waals surface area contributed by atoms with Crippen LogP contribution in [0.25, 0.3) is 11.3 Å². The number of benzene rings is 3. The number of nitrogens with one attached hydrogen (secondary N) is 4. The summed E-state index contributed by atoms with van der Waals surface area (Å²) in [5.74, 6) is -0.685. The van der Waals surface area contributed by atoms with E-state index in [1.54, 1.807) is 24.3 Å². The first-order valence-corrected chi connectivity index (χ1v) is 23.5. The van der Waals surface area contributed by atoms with Gasteiger partial charge in [-0.2, -0.15) is 0 Å². The SMILES string of the molecule is Cc1ccc(C(=O)N[C@@H]2CCc3ccc(-c4cn5c(n4)CCC5)cc32)cc1OCCCNC(=O)CCOCCOCCOCCOCCNc1cccc2c1C(=O)N(C1CCC(=O)NC1=O)C2=O. The Morgan fingerprint density at radius 3 is 2.37 bits per heavy atom. The van der Waals surface area contributed by atoms with Crippen LogP contribution >= 0.6 is 0 Å². The molecule has 1 aromatic heterocycles. The zero-order chi connectivity index (χ0) is 47.4. The number of carbonyl (C=O) groups is 6. The van der Waals surface area contributed by atoms with Crippen molar-refractivity contribution in [2.45, 2.75) is 76.9 Å². The molecule has 1 saturated heterocycles. The van der Waals surface area contributed by atoms with Crippen molar-refractivity contribution < 1.29 is 52.5 Å². The monoisotopic (exact) mass is 933 g/mol. The topological polar surface area (TPSA) is 218 Å². The highest BCUT2D eigenvalue weighted by Gasteiger charge is 2.45. The second-order valence-electron chi connectivity index (χ2n) is 17.2. The molecule has 4 aromatic rings. The Morgan fingerprint density at radius 1 is 0.809 bits per heavy atom. The molecular formula is C50H59N7O11. The van der Waals surface area contributed by atoms with E-state index in [1.807, 2.05) is 19.1 Å². The number of carbonyl (C=O) groups excluding carboxylic acids is 6. The average Bonchev–Trinajstić information content (AvgIpc) is 4.11. The van der Waals surface area contributed by atoms with Gasteiger partial charge in [0.15, 0.2) is 0 Å². The van der Waals surface area contributed by atoms with E-state index >= 15 is 0 Å². The van der Waals surface area contributed by atoms with Crippen LogP contribution in [0.5, 0.6) is 5.75 Å². The number of rotatable bonds is 25. The molecule has 3 aliphatic heterocycles. The minimum Gasteiger partial charge on any atom is -0.493 e. The molecule has 18 heteroatoms. The summed E-state index contributed by atoms with van der Waals surface area (Å²) in [5, 5.41) is 11.5. The van der Waals surface area contributed by atoms with Crippen LogP contribution in [0.15, 0.2) is 60.8 Å². The van der Waals surface area contributed by atoms with Gasteiger partial charge in [-0.3, -0.25) is 39.0 Å². The number of nitrogens with zero attached hydrogens (tertiary/aromatic N) is 3. The summed E-state index contributed by atoms with van der Waals surface area (Å²) in [7, 11) is 0. The van der Waals surface area contributed by atoms with Crippen LogP contribution in [-0.4, -0.2) is 128 Å². The highest BCUT2D eigenvalue weighted by atomic mass is 16.6. The lowest BCUT2D eigenvalue weighted by atomic mass is 10.0. The Hall–Kier alpha value is -6.47. The smallest absolute Gasteiger partial charge is 0.264 e. The van der Waals surface area contributed by atoms with Gasteiger partial charge in [0.1, 0.15) is 17.6 Å². The van der Waals surface area contributed by atoms with Gasteiger partial charge in [0.25, 0.3) is 17.7 Å². The zero-order valence-corrected chi connectivity index (χ0v) is 38.4. The van der Waals surface area contributed by atoms with Gasteiger partial charge < -0.3 is 44.2 Å². The molecule has 0 radical (unpaired) electrons. The van der Waals surface area contributed by atoms with Crippen LogP contribution in [0.4, 0.5) is 5.69 Å². The van der Waals surface area contributed by atoms with Crippen LogP contribution in [0.3, 0.4) is 0 Å². The van der Waals surface area contributed by atoms with Crippen molar-refractivity contribution in [3.63, 3.8) is 0 Å². The lowest BCUT2D eigenvalue weighted by molar-refractivity contribution is -0.136. The Kier molecular flexibility index (Phi) is 16.3. The van der Waals surface area contributed by atoms with Gasteiger partial charge in [-0.05, 0) is 86.1 Å². The zero-order valence-electron chi connectivity index (χ0n) is 38.4. The summed E-state index contributed by atoms with van der Waals surface area (Å²) in [5.41, 5.74) is 6.81. The Labute approximate surface area is 394 Å². The van der Waals surface area contributed by atoms with Crippen LogP contribution in [0.1, 0.15) is 98.2 Å². The first-order chi connectivity index (χ1) is 33.1. The van der Waals surface area contributed by atoms with E-state index in [2.05, 4.69) is 50.2 Å². The van der Waals surface area contributed by atoms with Crippen molar-refractivity contribution in [2.24, 2.45) is 0 Å². The molecule has 2 atom stereocenters. The van der Waals surface area contributed by atoms with E-state index in [-0.39, 0.29) is 54.9 Å². The lowest BCUT2D eigenvalue weighted by Gasteiger charge is -2.27. The van der Waals surface area contributed by atoms with Crippen molar-refractivity contribution in [3.8, 4) is 17.0 Å². The fraction of sp³-hybridized carbons (Fsp3) is 0.460. The normalized spacial score (nSPS) is 17.2. The van der Waals surface area contributed by atoms with E-state index in [0.717, 1.165) is 65.3 Å². The number of aryl methyl sites for hydroxylation is 4. The summed E-state index contributed by atoms with van der Waals surface area (Å²) in [4.78, 5) is 81.7. The molecule has 18 nitrogen and oxygen atoms in total. The number of amides is 6. The number of imidazole rings is 1. The van der Waals surface area contributed by atoms with Crippen molar-refractivity contribution >= 4 is 41.1 Å². The second kappa shape index (κ2) is 23.0. The molecule has 360 valence electrons. The minimum atomic E-state index is -1.02. The molecule has 1 fully saturated rings. The van der Waals surface area contributed by atoms with Gasteiger partial charge in [0.05, 0.1) is 82.3 Å². The van der Waals surface area contributed by atoms with Crippen molar-refractivity contribution in [1.29, 1.82) is 0 Å². The minimum absolute atomic E-state index is 0.0552. The maximum absolute atomic E-state index is 13.4. The molecule has 4 N–H and O–H groups in total. The molecule has 0 saturated carbocycles. The third-order valence-corrected chi connectivity index (χ3v) is 12.5. The highest BCUT2D eigenvalue weighted by molar-refractivity contribution is 6.25. The molecule has 68 heavy (non-hydrogen) atoms. The van der Waals surface area contributed by atoms with E-state index in [4.69, 9.17) is 28.7 Å². The van der Waals surface area contributed by atoms with Crippen molar-refractivity contribution in [2.75, 3.05) is 77.9 Å². The predicted molar refractivity (Wildman–Crippen MR) is 248 cm³/mol. The standard InChI is InChI=1S/C50H59N7O11/c1-32-8-9-35(47(60)54-38-13-12-33-10-11-34(29-37(33)38)40-31-56-19-3-7-43(56)53-40)30-42(32)68-20-4-17-52-44(58)16-21-64-23-25-66-27-28-67-26-24-65-22-18-51-39-6-2-5-36-46(39)50(63)57(49(36)62)41-14-15-45(59)55-48(41)61/h2,5-6,8-11,29-31,38,41,51H,3-4,7,12-28H2,1H3,(H,52,58)(H,54,60)(H,55,59,61)/t38-,41?/m1/s1. The number of ether oxygens (including phenoxy) is 5. The van der Waals surface area contributed by atoms with Gasteiger partial charge in [0, 0.05) is 61.9 Å². The highest BCUT2D eigenvalue weighted by Crippen LogP contribution is 2.36. The molecule has 0 spiro atoms. The third-order valence-electron chi connectivity index (χ3n) is 12.5. The number of aromatic nitrogens is 2. The molecule has 8 rings (SSSR count). The van der Waals surface area contributed by atoms with Crippen LogP contribution in [-0.2, 0) is 52.7 Å². The van der Waals surface area contributed by atoms with Crippen LogP contribution in [0.2, 0.25) is 0 Å². The van der Waals surface area contributed by atoms with Crippen LogP contribution < -0.4 is 26.0 Å². The lowest BCUT2D eigenvalue weighted by Crippen LogP contribution is -2.54. The summed E-state index contributed by atoms with van der Waals surface area (Å²) in [6.07, 6.45) is 7.03. The van der Waals surface area contributed by atoms with Crippen molar-refractivity contribution in [3.05, 3.63) is 100.0 Å². The molecule has 3 aromatic carbocycles. The van der Waals surface area contributed by atoms with Gasteiger partial charge in [-0.25, -0.2) is 4.98 Å². The van der Waals surface area contributed by atoms with Crippen molar-refractivity contribution in [1.82, 2.24) is 30.4 Å². The number of fused-ring (bicyclic) bond motifs is 3. The molecule has 0 bridgehead atoms. The number of hydrogen-bond acceptors (Lipinski definition) is 13. The molecular weight excluding hydrogens is 875 g/mol. The largest absolute Gasteiger partial charge is 0.493 e. The second-order valence-corrected chi connectivity index (χ2v) is 17.2. The molecule has 4 heterocycles. The number of imide groups is 2. The summed E-state index contributed by atoms with van der Waals surface area (Å²) >= 11 is 0. The average molecular weight is 934 g/mol. The predicted octanol–water partition coefficient (Wildman–Crippen LogP) is 4.08. The van der Waals surface area contributed by atoms with Gasteiger partial charge in [0.2, 0.25) is 17.7 Å². The first-order valence-electron chi connectivity index (χ1n) is 23.5. The summed E-state index contributed by atoms with van der Waals surface area (Å²) in [6.45, 7) is 6.88. The van der Waals surface area contributed by atoms with E-state index < -0.39 is 29.7 Å². The van der Waals surface area contributed by atoms with E-state index in [1.165, 1.54) is 5.56 Å². The number of hydrogen-bond donors (Lipinski definition) is 4. The van der Waals surface area contributed by atoms with Gasteiger partial charge in [-0.15, -0.1) is 0 Å². The summed E-state index contributed by atoms with van der Waals surface area (Å²) in [6, 6.07) is 15.8. The van der Waals surface area contributed by atoms with E-state index in [0.29, 0.717) is 89.4 Å². The fourth-order valence-corrected chi connectivity index (χ4v) is 8.86. The Bertz CT molecular complexity index is 2480. The molecule has 1 aliphatic carbocycles. The third kappa shape index (κ3) is 11.8. The quantitative estimate of drug-likeness (QED) is 0.0545. The maximum Gasteiger partial charge on any atom is 0.264 e. The Balaban J connectivity index is 0.619. The number of anilines is 1. The van der Waals surface area contributed by atoms with E-state index in [9.17, 15) is 28.8 Å². The molecule has 6 amide bonds. The van der Waals surface area contributed by atoms with Gasteiger partial charge >= 0.3 is 0 Å². The molecule has 1 unspecified atom stereocenters. The first kappa shape index (κ1) is 48.0. The summed E-state index contributed by atoms with van der Waals surface area (Å²) < 4.78 is 30.5. The number of piperidine rings is 1.